The number of halogens is 2. The third-order valence-electron chi connectivity index (χ3n) is 4.63. The highest BCUT2D eigenvalue weighted by Crippen LogP contribution is 2.22. The van der Waals surface area contributed by atoms with Gasteiger partial charge in [0.1, 0.15) is 12.7 Å². The predicted molar refractivity (Wildman–Crippen MR) is 129 cm³/mol. The van der Waals surface area contributed by atoms with Crippen LogP contribution in [0, 0.1) is 0 Å². The second kappa shape index (κ2) is 12.3. The first-order valence-electron chi connectivity index (χ1n) is 9.62. The average Bonchev–Trinajstić information content (AvgIpc) is 3.34. The molecular weight excluding hydrogens is 533 g/mol. The van der Waals surface area contributed by atoms with Crippen molar-refractivity contribution in [3.63, 3.8) is 0 Å². The zero-order valence-electron chi connectivity index (χ0n) is 16.2. The van der Waals surface area contributed by atoms with Gasteiger partial charge >= 0.3 is 0 Å². The summed E-state index contributed by atoms with van der Waals surface area (Å²) in [4.78, 5) is 7.16. The number of anilines is 1. The summed E-state index contributed by atoms with van der Waals surface area (Å²) in [5.41, 5.74) is 1.28. The van der Waals surface area contributed by atoms with Crippen molar-refractivity contribution in [3.8, 4) is 0 Å². The van der Waals surface area contributed by atoms with Gasteiger partial charge in [0.15, 0.2) is 5.96 Å². The van der Waals surface area contributed by atoms with Crippen molar-refractivity contribution < 1.29 is 0 Å². The van der Waals surface area contributed by atoms with Gasteiger partial charge in [0, 0.05) is 48.9 Å². The molecule has 3 rings (SSSR count). The second-order valence-electron chi connectivity index (χ2n) is 6.72. The number of rotatable bonds is 8. The monoisotopic (exact) mass is 561 g/mol. The lowest BCUT2D eigenvalue weighted by Gasteiger charge is -2.20. The minimum absolute atomic E-state index is 0. The quantitative estimate of drug-likeness (QED) is 0.224. The largest absolute Gasteiger partial charge is 0.369 e. The normalized spacial score (nSPS) is 16.7. The molecule has 1 saturated heterocycles. The van der Waals surface area contributed by atoms with E-state index in [4.69, 9.17) is 4.99 Å². The van der Waals surface area contributed by atoms with Gasteiger partial charge in [-0.3, -0.25) is 4.99 Å². The number of guanidine groups is 1. The smallest absolute Gasteiger partial charge is 0.191 e. The van der Waals surface area contributed by atoms with E-state index >= 15 is 0 Å². The van der Waals surface area contributed by atoms with Crippen molar-refractivity contribution in [2.75, 3.05) is 31.1 Å². The van der Waals surface area contributed by atoms with E-state index in [9.17, 15) is 0 Å². The Balaban J connectivity index is 0.00000280. The topological polar surface area (TPSA) is 70.4 Å². The third kappa shape index (κ3) is 7.23. The number of hydrogen-bond acceptors (Lipinski definition) is 4. The van der Waals surface area contributed by atoms with Crippen molar-refractivity contribution in [2.45, 2.75) is 38.8 Å². The van der Waals surface area contributed by atoms with Gasteiger partial charge in [0.25, 0.3) is 0 Å². The lowest BCUT2D eigenvalue weighted by molar-refractivity contribution is 0.607. The molecule has 1 fully saturated rings. The van der Waals surface area contributed by atoms with Gasteiger partial charge in [0.05, 0.1) is 0 Å². The molecule has 0 spiro atoms. The van der Waals surface area contributed by atoms with E-state index in [1.807, 2.05) is 4.57 Å². The maximum absolute atomic E-state index is 4.73. The molecule has 0 amide bonds. The van der Waals surface area contributed by atoms with Gasteiger partial charge in [-0.2, -0.15) is 0 Å². The fraction of sp³-hybridized carbons (Fsp3) is 0.526. The van der Waals surface area contributed by atoms with Crippen LogP contribution in [0.4, 0.5) is 5.69 Å². The van der Waals surface area contributed by atoms with Crippen LogP contribution in [0.2, 0.25) is 0 Å². The zero-order valence-corrected chi connectivity index (χ0v) is 20.1. The van der Waals surface area contributed by atoms with Gasteiger partial charge in [-0.05, 0) is 50.5 Å². The number of benzene rings is 1. The van der Waals surface area contributed by atoms with Crippen LogP contribution in [0.1, 0.15) is 26.2 Å². The van der Waals surface area contributed by atoms with Crippen molar-refractivity contribution >= 4 is 51.6 Å². The highest BCUT2D eigenvalue weighted by atomic mass is 127. The number of unbranched alkanes of at least 4 members (excludes halogenated alkanes) is 1. The Morgan fingerprint density at radius 1 is 1.21 bits per heavy atom. The van der Waals surface area contributed by atoms with Gasteiger partial charge in [-0.1, -0.05) is 15.9 Å². The molecule has 1 aromatic heterocycles. The Bertz CT molecular complexity index is 706. The molecule has 1 aliphatic heterocycles. The summed E-state index contributed by atoms with van der Waals surface area (Å²) >= 11 is 3.50. The number of hydrogen-bond donors (Lipinski definition) is 2. The lowest BCUT2D eigenvalue weighted by atomic mass is 10.2. The number of aliphatic imine (C=N–C) groups is 1. The third-order valence-corrected chi connectivity index (χ3v) is 5.15. The molecule has 1 unspecified atom stereocenters. The second-order valence-corrected chi connectivity index (χ2v) is 7.64. The van der Waals surface area contributed by atoms with Crippen molar-refractivity contribution in [1.82, 2.24) is 25.4 Å². The summed E-state index contributed by atoms with van der Waals surface area (Å²) in [7, 11) is 0. The van der Waals surface area contributed by atoms with Crippen molar-refractivity contribution in [3.05, 3.63) is 41.4 Å². The zero-order chi connectivity index (χ0) is 18.9. The molecule has 0 aliphatic carbocycles. The SMILES string of the molecule is CCNC(=NCCCCn1cnnc1)NC1CCN(c2ccc(Br)cc2)C1.I. The van der Waals surface area contributed by atoms with E-state index in [0.29, 0.717) is 6.04 Å². The van der Waals surface area contributed by atoms with Crippen molar-refractivity contribution in [1.29, 1.82) is 0 Å². The summed E-state index contributed by atoms with van der Waals surface area (Å²) < 4.78 is 3.12. The lowest BCUT2D eigenvalue weighted by Crippen LogP contribution is -2.44. The highest BCUT2D eigenvalue weighted by Gasteiger charge is 2.23. The van der Waals surface area contributed by atoms with E-state index in [-0.39, 0.29) is 24.0 Å². The molecule has 0 radical (unpaired) electrons. The highest BCUT2D eigenvalue weighted by molar-refractivity contribution is 14.0. The van der Waals surface area contributed by atoms with E-state index in [1.54, 1.807) is 12.7 Å². The van der Waals surface area contributed by atoms with Crippen LogP contribution in [0.3, 0.4) is 0 Å². The van der Waals surface area contributed by atoms with Crippen LogP contribution in [0.15, 0.2) is 46.4 Å². The average molecular weight is 562 g/mol. The van der Waals surface area contributed by atoms with Gasteiger partial charge in [-0.15, -0.1) is 34.2 Å². The summed E-state index contributed by atoms with van der Waals surface area (Å²) in [5, 5.41) is 14.6. The fourth-order valence-corrected chi connectivity index (χ4v) is 3.48. The van der Waals surface area contributed by atoms with Gasteiger partial charge in [-0.25, -0.2) is 0 Å². The maximum atomic E-state index is 4.73. The van der Waals surface area contributed by atoms with Crippen LogP contribution >= 0.6 is 39.9 Å². The molecule has 1 aliphatic rings. The molecular formula is C19H29BrIN7. The van der Waals surface area contributed by atoms with Crippen LogP contribution < -0.4 is 15.5 Å². The minimum atomic E-state index is 0. The summed E-state index contributed by atoms with van der Waals surface area (Å²) in [6, 6.07) is 8.95. The molecule has 1 atom stereocenters. The Kier molecular flexibility index (Phi) is 10.0. The van der Waals surface area contributed by atoms with Crippen LogP contribution in [0.25, 0.3) is 0 Å². The van der Waals surface area contributed by atoms with Gasteiger partial charge < -0.3 is 20.1 Å². The molecule has 154 valence electrons. The minimum Gasteiger partial charge on any atom is -0.369 e. The van der Waals surface area contributed by atoms with E-state index in [1.165, 1.54) is 5.69 Å². The fourth-order valence-electron chi connectivity index (χ4n) is 3.21. The maximum Gasteiger partial charge on any atom is 0.191 e. The number of nitrogens with zero attached hydrogens (tertiary/aromatic N) is 5. The molecule has 1 aromatic carbocycles. The Morgan fingerprint density at radius 2 is 1.96 bits per heavy atom. The Morgan fingerprint density at radius 3 is 2.68 bits per heavy atom. The van der Waals surface area contributed by atoms with Gasteiger partial charge in [0.2, 0.25) is 0 Å². The Hall–Kier alpha value is -1.36. The van der Waals surface area contributed by atoms with E-state index < -0.39 is 0 Å². The first-order chi connectivity index (χ1) is 13.2. The molecule has 9 heteroatoms. The van der Waals surface area contributed by atoms with Crippen molar-refractivity contribution in [2.24, 2.45) is 4.99 Å². The molecule has 0 saturated carbocycles. The Labute approximate surface area is 192 Å². The number of aryl methyl sites for hydroxylation is 1. The molecule has 2 N–H and O–H groups in total. The molecule has 7 nitrogen and oxygen atoms in total. The van der Waals surface area contributed by atoms with Crippen LogP contribution in [-0.2, 0) is 6.54 Å². The first kappa shape index (κ1) is 22.9. The van der Waals surface area contributed by atoms with E-state index in [2.05, 4.69) is 72.8 Å². The van der Waals surface area contributed by atoms with Crippen LogP contribution in [-0.4, -0.2) is 52.9 Å². The first-order valence-corrected chi connectivity index (χ1v) is 10.4. The van der Waals surface area contributed by atoms with Crippen LogP contribution in [0.5, 0.6) is 0 Å². The predicted octanol–water partition coefficient (Wildman–Crippen LogP) is 3.27. The summed E-state index contributed by atoms with van der Waals surface area (Å²) in [6.45, 7) is 6.80. The molecule has 0 bridgehead atoms. The number of nitrogens with one attached hydrogen (secondary N) is 2. The summed E-state index contributed by atoms with van der Waals surface area (Å²) in [6.07, 6.45) is 6.75. The summed E-state index contributed by atoms with van der Waals surface area (Å²) in [5.74, 6) is 0.921. The molecule has 2 aromatic rings. The standard InChI is InChI=1S/C19H28BrN7.HI/c1-2-21-19(22-10-3-4-11-26-14-23-24-15-26)25-17-9-12-27(13-17)18-7-5-16(20)6-8-18;/h5-8,14-15,17H,2-4,9-13H2,1H3,(H2,21,22,25);1H. The number of aromatic nitrogens is 3. The molecule has 2 heterocycles. The molecule has 28 heavy (non-hydrogen) atoms. The van der Waals surface area contributed by atoms with E-state index in [0.717, 1.165) is 62.4 Å².